The van der Waals surface area contributed by atoms with Crippen LogP contribution < -0.4 is 4.90 Å². The maximum Gasteiger partial charge on any atom is 0.0540 e. The highest BCUT2D eigenvalue weighted by atomic mass is 15.2. The lowest BCUT2D eigenvalue weighted by Gasteiger charge is -2.57. The van der Waals surface area contributed by atoms with E-state index in [9.17, 15) is 0 Å². The van der Waals surface area contributed by atoms with Gasteiger partial charge in [-0.2, -0.15) is 0 Å². The second-order valence-corrected chi connectivity index (χ2v) is 17.9. The molecule has 6 aromatic rings. The van der Waals surface area contributed by atoms with Crippen LogP contribution in [0.15, 0.2) is 140 Å². The van der Waals surface area contributed by atoms with E-state index in [2.05, 4.69) is 158 Å². The first-order chi connectivity index (χ1) is 27.1. The Morgan fingerprint density at radius 3 is 2.02 bits per heavy atom. The Morgan fingerprint density at radius 1 is 0.564 bits per heavy atom. The molecule has 11 rings (SSSR count). The lowest BCUT2D eigenvalue weighted by atomic mass is 9.47. The molecule has 5 atom stereocenters. The first-order valence-corrected chi connectivity index (χ1v) is 21.6. The number of anilines is 3. The third-order valence-corrected chi connectivity index (χ3v) is 15.5. The fourth-order valence-corrected chi connectivity index (χ4v) is 13.3. The van der Waals surface area contributed by atoms with Crippen molar-refractivity contribution < 1.29 is 0 Å². The molecule has 0 aliphatic heterocycles. The smallest absolute Gasteiger partial charge is 0.0540 e. The third-order valence-electron chi connectivity index (χ3n) is 15.5. The maximum atomic E-state index is 2.70. The maximum absolute atomic E-state index is 2.70. The fraction of sp³-hybridized carbons (Fsp3) is 0.333. The van der Waals surface area contributed by atoms with Crippen LogP contribution in [0.5, 0.6) is 0 Å². The van der Waals surface area contributed by atoms with Gasteiger partial charge in [-0.05, 0) is 124 Å². The second-order valence-electron chi connectivity index (χ2n) is 17.9. The molecule has 274 valence electrons. The van der Waals surface area contributed by atoms with Crippen molar-refractivity contribution in [3.05, 3.63) is 162 Å². The molecule has 0 amide bonds. The van der Waals surface area contributed by atoms with E-state index in [1.165, 1.54) is 115 Å². The molecule has 1 heteroatoms. The predicted molar refractivity (Wildman–Crippen MR) is 230 cm³/mol. The highest BCUT2D eigenvalue weighted by Gasteiger charge is 2.59. The second kappa shape index (κ2) is 12.8. The molecule has 0 saturated heterocycles. The van der Waals surface area contributed by atoms with Gasteiger partial charge in [0, 0.05) is 22.1 Å². The topological polar surface area (TPSA) is 3.24 Å². The van der Waals surface area contributed by atoms with Gasteiger partial charge in [0.25, 0.3) is 0 Å². The minimum Gasteiger partial charge on any atom is -0.310 e. The van der Waals surface area contributed by atoms with Crippen molar-refractivity contribution in [2.24, 2.45) is 23.7 Å². The Morgan fingerprint density at radius 2 is 1.22 bits per heavy atom. The lowest BCUT2D eigenvalue weighted by molar-refractivity contribution is 0.0195. The summed E-state index contributed by atoms with van der Waals surface area (Å²) in [6, 6.07) is 54.2. The fourth-order valence-electron chi connectivity index (χ4n) is 13.3. The molecule has 0 N–H and O–H groups in total. The zero-order valence-electron chi connectivity index (χ0n) is 32.6. The number of nitrogens with zero attached hydrogens (tertiary/aromatic N) is 1. The zero-order chi connectivity index (χ0) is 36.7. The van der Waals surface area contributed by atoms with Crippen LogP contribution in [0, 0.1) is 23.7 Å². The number of hydrogen-bond acceptors (Lipinski definition) is 1. The Bertz CT molecular complexity index is 2410. The van der Waals surface area contributed by atoms with Crippen LogP contribution in [0.25, 0.3) is 33.4 Å². The van der Waals surface area contributed by atoms with Gasteiger partial charge in [-0.25, -0.2) is 0 Å². The van der Waals surface area contributed by atoms with Gasteiger partial charge in [0.05, 0.1) is 11.4 Å². The minimum atomic E-state index is -0.0248. The summed E-state index contributed by atoms with van der Waals surface area (Å²) >= 11 is 0. The number of hydrogen-bond donors (Lipinski definition) is 0. The SMILES string of the molecule is CCC1CC2CC[C@H](C)C(C2)C12c1ccccc1-c1cccc(N(c3ccc4c(c3)-c3ccccc3C43CCCCC3)c3ccccc3-c3ccccc3)c12. The van der Waals surface area contributed by atoms with Gasteiger partial charge in [-0.15, -0.1) is 0 Å². The number of rotatable bonds is 5. The van der Waals surface area contributed by atoms with E-state index in [1.54, 1.807) is 22.3 Å². The first kappa shape index (κ1) is 33.5. The van der Waals surface area contributed by atoms with E-state index in [0.29, 0.717) is 17.8 Å². The largest absolute Gasteiger partial charge is 0.310 e. The summed E-state index contributed by atoms with van der Waals surface area (Å²) in [5.41, 5.74) is 18.6. The summed E-state index contributed by atoms with van der Waals surface area (Å²) in [5, 5.41) is 0. The van der Waals surface area contributed by atoms with Crippen molar-refractivity contribution in [3.63, 3.8) is 0 Å². The average molecular weight is 716 g/mol. The highest BCUT2D eigenvalue weighted by molar-refractivity contribution is 5.96. The van der Waals surface area contributed by atoms with Gasteiger partial charge in [-0.1, -0.05) is 168 Å². The Kier molecular flexibility index (Phi) is 7.81. The Labute approximate surface area is 328 Å². The molecule has 5 aliphatic carbocycles. The van der Waals surface area contributed by atoms with Crippen LogP contribution in [0.2, 0.25) is 0 Å². The molecule has 0 radical (unpaired) electrons. The predicted octanol–water partition coefficient (Wildman–Crippen LogP) is 14.8. The molecule has 3 saturated carbocycles. The standard InChI is InChI=1S/C54H53N/c1-3-39-33-37-28-27-36(2)49(34-37)54(39)48-24-12-9-20-42(48)44-22-16-26-51(52(44)54)55(50-25-13-10-19-41(50)38-17-6-4-7-18-38)40-29-30-47-45(35-40)43-21-8-11-23-46(43)53(47)31-14-5-15-32-53/h4,6-13,16-26,29-30,35-37,39,49H,3,5,14-15,27-28,31-34H2,1-2H3/t36-,37?,39?,49?,54?/m0/s1. The van der Waals surface area contributed by atoms with E-state index < -0.39 is 0 Å². The molecule has 3 fully saturated rings. The molecule has 0 heterocycles. The van der Waals surface area contributed by atoms with Gasteiger partial charge >= 0.3 is 0 Å². The van der Waals surface area contributed by atoms with Crippen molar-refractivity contribution in [3.8, 4) is 33.4 Å². The Balaban J connectivity index is 1.21. The monoisotopic (exact) mass is 715 g/mol. The van der Waals surface area contributed by atoms with E-state index >= 15 is 0 Å². The molecule has 2 spiro atoms. The van der Waals surface area contributed by atoms with Crippen molar-refractivity contribution in [1.29, 1.82) is 0 Å². The van der Waals surface area contributed by atoms with Crippen LogP contribution >= 0.6 is 0 Å². The quantitative estimate of drug-likeness (QED) is 0.172. The average Bonchev–Trinajstić information content (AvgIpc) is 3.69. The first-order valence-electron chi connectivity index (χ1n) is 21.6. The Hall–Kier alpha value is -4.88. The molecule has 55 heavy (non-hydrogen) atoms. The van der Waals surface area contributed by atoms with Crippen molar-refractivity contribution >= 4 is 17.1 Å². The van der Waals surface area contributed by atoms with E-state index in [1.807, 2.05) is 0 Å². The normalized spacial score (nSPS) is 25.3. The summed E-state index contributed by atoms with van der Waals surface area (Å²) < 4.78 is 0. The van der Waals surface area contributed by atoms with Crippen LogP contribution in [0.1, 0.15) is 100 Å². The van der Waals surface area contributed by atoms with E-state index in [0.717, 1.165) is 5.92 Å². The molecule has 2 bridgehead atoms. The molecule has 1 nitrogen and oxygen atoms in total. The summed E-state index contributed by atoms with van der Waals surface area (Å²) in [6.07, 6.45) is 13.1. The summed E-state index contributed by atoms with van der Waals surface area (Å²) in [4.78, 5) is 2.70. The van der Waals surface area contributed by atoms with Crippen LogP contribution in [-0.4, -0.2) is 0 Å². The minimum absolute atomic E-state index is 0.0248. The van der Waals surface area contributed by atoms with Crippen LogP contribution in [-0.2, 0) is 10.8 Å². The van der Waals surface area contributed by atoms with E-state index in [4.69, 9.17) is 0 Å². The van der Waals surface area contributed by atoms with Gasteiger partial charge in [0.15, 0.2) is 0 Å². The number of para-hydroxylation sites is 1. The molecule has 6 aromatic carbocycles. The van der Waals surface area contributed by atoms with Crippen molar-refractivity contribution in [1.82, 2.24) is 0 Å². The van der Waals surface area contributed by atoms with E-state index in [-0.39, 0.29) is 10.8 Å². The zero-order valence-corrected chi connectivity index (χ0v) is 32.6. The number of fused-ring (bicyclic) bond motifs is 13. The van der Waals surface area contributed by atoms with Crippen molar-refractivity contribution in [2.45, 2.75) is 88.9 Å². The highest BCUT2D eigenvalue weighted by Crippen LogP contribution is 2.68. The summed E-state index contributed by atoms with van der Waals surface area (Å²) in [6.45, 7) is 5.08. The van der Waals surface area contributed by atoms with Gasteiger partial charge in [0.1, 0.15) is 0 Å². The molecular formula is C54H53N. The van der Waals surface area contributed by atoms with Crippen LogP contribution in [0.3, 0.4) is 0 Å². The van der Waals surface area contributed by atoms with Gasteiger partial charge in [-0.3, -0.25) is 0 Å². The van der Waals surface area contributed by atoms with Gasteiger partial charge in [0.2, 0.25) is 0 Å². The summed E-state index contributed by atoms with van der Waals surface area (Å²) in [5.74, 6) is 2.76. The van der Waals surface area contributed by atoms with Gasteiger partial charge < -0.3 is 4.90 Å². The molecular weight excluding hydrogens is 663 g/mol. The van der Waals surface area contributed by atoms with Crippen LogP contribution in [0.4, 0.5) is 17.1 Å². The molecule has 0 aromatic heterocycles. The third kappa shape index (κ3) is 4.71. The van der Waals surface area contributed by atoms with Crippen molar-refractivity contribution in [2.75, 3.05) is 4.90 Å². The molecule has 5 aliphatic rings. The lowest BCUT2D eigenvalue weighted by Crippen LogP contribution is -2.51. The molecule has 4 unspecified atom stereocenters. The number of benzene rings is 6. The summed E-state index contributed by atoms with van der Waals surface area (Å²) in [7, 11) is 0.